The highest BCUT2D eigenvalue weighted by Gasteiger charge is 2.04. The van der Waals surface area contributed by atoms with Crippen LogP contribution in [0.15, 0.2) is 29.6 Å². The molecule has 3 nitrogen and oxygen atoms in total. The third-order valence-corrected chi connectivity index (χ3v) is 3.68. The average Bonchev–Trinajstić information content (AvgIpc) is 2.80. The number of aromatic nitrogens is 1. The van der Waals surface area contributed by atoms with Crippen LogP contribution in [0.1, 0.15) is 28.2 Å². The van der Waals surface area contributed by atoms with Gasteiger partial charge in [-0.05, 0) is 25.8 Å². The summed E-state index contributed by atoms with van der Waals surface area (Å²) in [4.78, 5) is 16.1. The van der Waals surface area contributed by atoms with Crippen molar-refractivity contribution >= 4 is 17.2 Å². The summed E-state index contributed by atoms with van der Waals surface area (Å²) in [6, 6.07) is 8.27. The minimum Gasteiger partial charge on any atom is -0.350 e. The Balaban J connectivity index is 1.75. The Kier molecular flexibility index (Phi) is 4.68. The summed E-state index contributed by atoms with van der Waals surface area (Å²) < 4.78 is 0. The monoisotopic (exact) mass is 274 g/mol. The summed E-state index contributed by atoms with van der Waals surface area (Å²) in [5.74, 6) is 0.0761. The molecule has 4 heteroatoms. The largest absolute Gasteiger partial charge is 0.350 e. The Labute approximate surface area is 117 Å². The van der Waals surface area contributed by atoms with Crippen molar-refractivity contribution < 1.29 is 4.79 Å². The predicted octanol–water partition coefficient (Wildman–Crippen LogP) is 3.01. The molecule has 0 unspecified atom stereocenters. The van der Waals surface area contributed by atoms with E-state index in [1.807, 2.05) is 18.4 Å². The van der Waals surface area contributed by atoms with Gasteiger partial charge in [0.05, 0.1) is 17.2 Å². The van der Waals surface area contributed by atoms with Gasteiger partial charge in [-0.3, -0.25) is 4.79 Å². The molecular weight excluding hydrogens is 256 g/mol. The van der Waals surface area contributed by atoms with Crippen LogP contribution in [0.5, 0.6) is 0 Å². The standard InChI is InChI=1S/C15H18N2OS/c1-11-4-3-5-13(8-11)6-7-15(18)16-9-14-10-19-12(2)17-14/h3-5,8,10H,6-7,9H2,1-2H3,(H,16,18). The van der Waals surface area contributed by atoms with E-state index in [-0.39, 0.29) is 5.91 Å². The summed E-state index contributed by atoms with van der Waals surface area (Å²) in [7, 11) is 0. The molecule has 1 aromatic carbocycles. The minimum absolute atomic E-state index is 0.0761. The van der Waals surface area contributed by atoms with Gasteiger partial charge < -0.3 is 5.32 Å². The SMILES string of the molecule is Cc1cccc(CCC(=O)NCc2csc(C)n2)c1. The molecule has 0 fully saturated rings. The van der Waals surface area contributed by atoms with Crippen LogP contribution in [0.25, 0.3) is 0 Å². The van der Waals surface area contributed by atoms with Gasteiger partial charge in [-0.1, -0.05) is 29.8 Å². The maximum atomic E-state index is 11.7. The van der Waals surface area contributed by atoms with Crippen LogP contribution in [0.2, 0.25) is 0 Å². The van der Waals surface area contributed by atoms with E-state index in [9.17, 15) is 4.79 Å². The fourth-order valence-electron chi connectivity index (χ4n) is 1.89. The molecule has 1 amide bonds. The number of amides is 1. The van der Waals surface area contributed by atoms with Crippen LogP contribution in [-0.2, 0) is 17.8 Å². The molecule has 0 aliphatic carbocycles. The summed E-state index contributed by atoms with van der Waals surface area (Å²) in [5.41, 5.74) is 3.38. The normalized spacial score (nSPS) is 10.4. The number of nitrogens with zero attached hydrogens (tertiary/aromatic N) is 1. The van der Waals surface area contributed by atoms with Crippen molar-refractivity contribution in [1.82, 2.24) is 10.3 Å². The predicted molar refractivity (Wildman–Crippen MR) is 78.2 cm³/mol. The van der Waals surface area contributed by atoms with Crippen molar-refractivity contribution in [3.8, 4) is 0 Å². The molecule has 0 bridgehead atoms. The van der Waals surface area contributed by atoms with Crippen LogP contribution < -0.4 is 5.32 Å². The lowest BCUT2D eigenvalue weighted by Gasteiger charge is -2.04. The van der Waals surface area contributed by atoms with E-state index in [2.05, 4.69) is 35.4 Å². The first kappa shape index (κ1) is 13.7. The zero-order valence-corrected chi connectivity index (χ0v) is 12.1. The molecule has 0 radical (unpaired) electrons. The van der Waals surface area contributed by atoms with Crippen LogP contribution >= 0.6 is 11.3 Å². The topological polar surface area (TPSA) is 42.0 Å². The summed E-state index contributed by atoms with van der Waals surface area (Å²) in [6.07, 6.45) is 1.30. The lowest BCUT2D eigenvalue weighted by atomic mass is 10.1. The van der Waals surface area contributed by atoms with Crippen molar-refractivity contribution in [2.45, 2.75) is 33.2 Å². The van der Waals surface area contributed by atoms with E-state index in [1.165, 1.54) is 11.1 Å². The molecule has 1 aromatic heterocycles. The van der Waals surface area contributed by atoms with Gasteiger partial charge in [0.2, 0.25) is 5.91 Å². The van der Waals surface area contributed by atoms with Crippen LogP contribution in [-0.4, -0.2) is 10.9 Å². The Bertz CT molecular complexity index is 563. The highest BCUT2D eigenvalue weighted by Crippen LogP contribution is 2.08. The van der Waals surface area contributed by atoms with Gasteiger partial charge in [0.15, 0.2) is 0 Å². The highest BCUT2D eigenvalue weighted by molar-refractivity contribution is 7.09. The van der Waals surface area contributed by atoms with Gasteiger partial charge in [0.25, 0.3) is 0 Å². The Morgan fingerprint density at radius 1 is 1.37 bits per heavy atom. The Morgan fingerprint density at radius 3 is 2.89 bits per heavy atom. The van der Waals surface area contributed by atoms with E-state index >= 15 is 0 Å². The number of benzene rings is 1. The number of nitrogens with one attached hydrogen (secondary N) is 1. The number of rotatable bonds is 5. The molecule has 1 N–H and O–H groups in total. The van der Waals surface area contributed by atoms with E-state index < -0.39 is 0 Å². The second-order valence-electron chi connectivity index (χ2n) is 4.62. The molecule has 100 valence electrons. The first-order valence-electron chi connectivity index (χ1n) is 6.37. The van der Waals surface area contributed by atoms with Gasteiger partial charge in [0.1, 0.15) is 0 Å². The molecular formula is C15H18N2OS. The van der Waals surface area contributed by atoms with Crippen molar-refractivity contribution in [1.29, 1.82) is 0 Å². The fraction of sp³-hybridized carbons (Fsp3) is 0.333. The maximum Gasteiger partial charge on any atom is 0.220 e. The molecule has 0 atom stereocenters. The first-order chi connectivity index (χ1) is 9.13. The van der Waals surface area contributed by atoms with E-state index in [0.29, 0.717) is 13.0 Å². The number of thiazole rings is 1. The number of hydrogen-bond donors (Lipinski definition) is 1. The third kappa shape index (κ3) is 4.48. The Hall–Kier alpha value is -1.68. The zero-order chi connectivity index (χ0) is 13.7. The van der Waals surface area contributed by atoms with Crippen molar-refractivity contribution in [2.24, 2.45) is 0 Å². The quantitative estimate of drug-likeness (QED) is 0.910. The number of aryl methyl sites for hydroxylation is 3. The fourth-order valence-corrected chi connectivity index (χ4v) is 2.51. The van der Waals surface area contributed by atoms with E-state index in [1.54, 1.807) is 11.3 Å². The second-order valence-corrected chi connectivity index (χ2v) is 5.69. The smallest absolute Gasteiger partial charge is 0.220 e. The minimum atomic E-state index is 0.0761. The molecule has 0 aliphatic rings. The molecule has 19 heavy (non-hydrogen) atoms. The number of hydrogen-bond acceptors (Lipinski definition) is 3. The molecule has 0 aliphatic heterocycles. The van der Waals surface area contributed by atoms with Gasteiger partial charge in [-0.2, -0.15) is 0 Å². The van der Waals surface area contributed by atoms with Crippen molar-refractivity contribution in [3.05, 3.63) is 51.5 Å². The summed E-state index contributed by atoms with van der Waals surface area (Å²) in [5, 5.41) is 5.92. The van der Waals surface area contributed by atoms with Crippen molar-refractivity contribution in [2.75, 3.05) is 0 Å². The molecule has 0 spiro atoms. The van der Waals surface area contributed by atoms with Crippen LogP contribution in [0.4, 0.5) is 0 Å². The molecule has 0 saturated heterocycles. The summed E-state index contributed by atoms with van der Waals surface area (Å²) in [6.45, 7) is 4.55. The lowest BCUT2D eigenvalue weighted by Crippen LogP contribution is -2.23. The summed E-state index contributed by atoms with van der Waals surface area (Å²) >= 11 is 1.61. The first-order valence-corrected chi connectivity index (χ1v) is 7.25. The lowest BCUT2D eigenvalue weighted by molar-refractivity contribution is -0.121. The van der Waals surface area contributed by atoms with Crippen LogP contribution in [0, 0.1) is 13.8 Å². The van der Waals surface area contributed by atoms with Crippen LogP contribution in [0.3, 0.4) is 0 Å². The molecule has 2 aromatic rings. The molecule has 2 rings (SSSR count). The van der Waals surface area contributed by atoms with Gasteiger partial charge in [0, 0.05) is 11.8 Å². The van der Waals surface area contributed by atoms with Crippen molar-refractivity contribution in [3.63, 3.8) is 0 Å². The van der Waals surface area contributed by atoms with Gasteiger partial charge >= 0.3 is 0 Å². The third-order valence-electron chi connectivity index (χ3n) is 2.86. The van der Waals surface area contributed by atoms with E-state index in [0.717, 1.165) is 17.1 Å². The number of carbonyl (C=O) groups is 1. The Morgan fingerprint density at radius 2 is 2.21 bits per heavy atom. The molecule has 0 saturated carbocycles. The van der Waals surface area contributed by atoms with E-state index in [4.69, 9.17) is 0 Å². The average molecular weight is 274 g/mol. The zero-order valence-electron chi connectivity index (χ0n) is 11.3. The second kappa shape index (κ2) is 6.48. The van der Waals surface area contributed by atoms with Gasteiger partial charge in [-0.25, -0.2) is 4.98 Å². The highest BCUT2D eigenvalue weighted by atomic mass is 32.1. The van der Waals surface area contributed by atoms with Gasteiger partial charge in [-0.15, -0.1) is 11.3 Å². The number of carbonyl (C=O) groups excluding carboxylic acids is 1. The maximum absolute atomic E-state index is 11.7. The molecule has 1 heterocycles.